The Labute approximate surface area is 195 Å². The normalized spacial score (nSPS) is 21.4. The number of nitrogens with zero attached hydrogens (tertiary/aromatic N) is 4. The molecule has 0 aliphatic carbocycles. The molecule has 0 amide bonds. The summed E-state index contributed by atoms with van der Waals surface area (Å²) in [4.78, 5) is 0. The third-order valence-corrected chi connectivity index (χ3v) is 6.62. The first-order chi connectivity index (χ1) is 12.1. The Morgan fingerprint density at radius 2 is 0.464 bits per heavy atom. The molecule has 1 saturated heterocycles. The molecule has 1 fully saturated rings. The summed E-state index contributed by atoms with van der Waals surface area (Å²) in [5.41, 5.74) is -1.27. The van der Waals surface area contributed by atoms with Crippen LogP contribution in [0, 0.1) is 0 Å². The summed E-state index contributed by atoms with van der Waals surface area (Å²) >= 11 is 28.6. The molecule has 0 spiro atoms. The summed E-state index contributed by atoms with van der Waals surface area (Å²) < 4.78 is 8.32. The van der Waals surface area contributed by atoms with Gasteiger partial charge in [0.15, 0.2) is 0 Å². The van der Waals surface area contributed by atoms with Crippen molar-refractivity contribution in [1.82, 2.24) is 18.9 Å². The third-order valence-electron chi connectivity index (χ3n) is 4.93. The predicted octanol–water partition coefficient (Wildman–Crippen LogP) is 5.30. The van der Waals surface area contributed by atoms with Gasteiger partial charge in [0.1, 0.15) is 0 Å². The molecule has 0 aromatic heterocycles. The van der Waals surface area contributed by atoms with Gasteiger partial charge in [-0.3, -0.25) is 0 Å². The first-order valence-electron chi connectivity index (χ1n) is 9.83. The lowest BCUT2D eigenvalue weighted by Gasteiger charge is -2.59. The SMILES string of the molecule is CC(C)(C)N1B(Cl)N(C(C)(C)C)B(Cl)N(C(C)(C)C)B(Cl)N(C(C)(C)C)B1Cl. The molecule has 1 heterocycles. The molecule has 0 atom stereocenters. The van der Waals surface area contributed by atoms with E-state index in [1.54, 1.807) is 0 Å². The number of halogens is 4. The van der Waals surface area contributed by atoms with Crippen molar-refractivity contribution in [1.29, 1.82) is 0 Å². The topological polar surface area (TPSA) is 13.0 Å². The minimum Gasteiger partial charge on any atom is -0.324 e. The highest BCUT2D eigenvalue weighted by Crippen LogP contribution is 2.38. The van der Waals surface area contributed by atoms with E-state index in [0.717, 1.165) is 0 Å². The average molecular weight is 470 g/mol. The molecule has 1 aliphatic heterocycles. The van der Waals surface area contributed by atoms with Gasteiger partial charge in [-0.05, 0) is 105 Å². The van der Waals surface area contributed by atoms with Crippen LogP contribution in [0.2, 0.25) is 0 Å². The zero-order valence-corrected chi connectivity index (χ0v) is 22.6. The van der Waals surface area contributed by atoms with Crippen molar-refractivity contribution < 1.29 is 0 Å². The molecule has 1 rings (SSSR count). The number of hydrogen-bond acceptors (Lipinski definition) is 4. The summed E-state index contributed by atoms with van der Waals surface area (Å²) in [5.74, 6) is 0. The predicted molar refractivity (Wildman–Crippen MR) is 133 cm³/mol. The molecule has 28 heavy (non-hydrogen) atoms. The van der Waals surface area contributed by atoms with Crippen LogP contribution >= 0.6 is 45.8 Å². The van der Waals surface area contributed by atoms with Gasteiger partial charge in [0.05, 0.1) is 0 Å². The summed E-state index contributed by atoms with van der Waals surface area (Å²) in [5, 5.41) is 0. The molecular weight excluding hydrogens is 433 g/mol. The lowest BCUT2D eigenvalue weighted by Crippen LogP contribution is -2.81. The molecule has 0 N–H and O–H groups in total. The second-order valence-electron chi connectivity index (χ2n) is 11.6. The fraction of sp³-hybridized carbons (Fsp3) is 1.00. The van der Waals surface area contributed by atoms with Crippen molar-refractivity contribution in [2.24, 2.45) is 0 Å². The Morgan fingerprint density at radius 1 is 0.357 bits per heavy atom. The highest BCUT2D eigenvalue weighted by molar-refractivity contribution is 7.26. The molecule has 0 aromatic rings. The summed E-state index contributed by atoms with van der Waals surface area (Å²) in [6, 6.07) is 0. The van der Waals surface area contributed by atoms with E-state index in [4.69, 9.17) is 45.8 Å². The molecule has 160 valence electrons. The van der Waals surface area contributed by atoms with Crippen LogP contribution in [-0.2, 0) is 0 Å². The smallest absolute Gasteiger partial charge is 0.324 e. The Hall–Kier alpha value is 1.26. The van der Waals surface area contributed by atoms with Crippen LogP contribution in [0.5, 0.6) is 0 Å². The standard InChI is InChI=1S/C16H36B4Cl4N4/c1-13(2,3)25-17(21)26(14(4,5)6)19(23)28(16(10,11)12)20(24)27(18(25)22)15(7,8)9/h1-12H3. The van der Waals surface area contributed by atoms with Crippen LogP contribution in [0.25, 0.3) is 0 Å². The second kappa shape index (κ2) is 8.65. The van der Waals surface area contributed by atoms with Gasteiger partial charge in [-0.1, -0.05) is 0 Å². The van der Waals surface area contributed by atoms with Crippen molar-refractivity contribution in [3.05, 3.63) is 0 Å². The molecule has 4 nitrogen and oxygen atoms in total. The van der Waals surface area contributed by atoms with Gasteiger partial charge in [-0.2, -0.15) is 45.8 Å². The quantitative estimate of drug-likeness (QED) is 0.447. The van der Waals surface area contributed by atoms with E-state index in [-0.39, 0.29) is 22.2 Å². The highest BCUT2D eigenvalue weighted by Gasteiger charge is 2.60. The van der Waals surface area contributed by atoms with Crippen molar-refractivity contribution in [3.8, 4) is 0 Å². The average Bonchev–Trinajstić information content (AvgIpc) is 2.29. The van der Waals surface area contributed by atoms with E-state index in [1.165, 1.54) is 0 Å². The maximum Gasteiger partial charge on any atom is 0.401 e. The molecule has 12 heteroatoms. The van der Waals surface area contributed by atoms with Gasteiger partial charge in [-0.25, -0.2) is 0 Å². The van der Waals surface area contributed by atoms with Crippen LogP contribution < -0.4 is 0 Å². The van der Waals surface area contributed by atoms with Gasteiger partial charge in [0.25, 0.3) is 0 Å². The van der Waals surface area contributed by atoms with Crippen molar-refractivity contribution >= 4 is 71.4 Å². The molecule has 0 saturated carbocycles. The van der Waals surface area contributed by atoms with E-state index in [0.29, 0.717) is 0 Å². The van der Waals surface area contributed by atoms with Crippen LogP contribution in [0.4, 0.5) is 0 Å². The minimum absolute atomic E-state index is 0.317. The van der Waals surface area contributed by atoms with Crippen LogP contribution in [0.1, 0.15) is 83.1 Å². The number of hydrogen-bond donors (Lipinski definition) is 0. The van der Waals surface area contributed by atoms with Crippen LogP contribution in [0.15, 0.2) is 0 Å². The van der Waals surface area contributed by atoms with Crippen molar-refractivity contribution in [2.45, 2.75) is 105 Å². The molecular formula is C16H36B4Cl4N4. The van der Waals surface area contributed by atoms with Gasteiger partial charge in [0, 0.05) is 0 Å². The molecule has 0 aromatic carbocycles. The zero-order chi connectivity index (χ0) is 22.6. The van der Waals surface area contributed by atoms with Gasteiger partial charge in [-0.15, -0.1) is 0 Å². The second-order valence-corrected chi connectivity index (χ2v) is 13.1. The third kappa shape index (κ3) is 5.73. The van der Waals surface area contributed by atoms with Gasteiger partial charge >= 0.3 is 25.6 Å². The van der Waals surface area contributed by atoms with E-state index in [1.807, 2.05) is 0 Å². The van der Waals surface area contributed by atoms with Crippen LogP contribution in [0.3, 0.4) is 0 Å². The minimum atomic E-state index is -0.538. The largest absolute Gasteiger partial charge is 0.401 e. The molecule has 1 aliphatic rings. The molecule has 0 radical (unpaired) electrons. The van der Waals surface area contributed by atoms with Crippen LogP contribution in [-0.4, -0.2) is 66.6 Å². The Balaban J connectivity index is 3.80. The zero-order valence-electron chi connectivity index (χ0n) is 19.6. The first kappa shape index (κ1) is 27.3. The first-order valence-corrected chi connectivity index (χ1v) is 11.6. The Bertz CT molecular complexity index is 433. The van der Waals surface area contributed by atoms with Crippen molar-refractivity contribution in [2.75, 3.05) is 0 Å². The maximum absolute atomic E-state index is 7.15. The lowest BCUT2D eigenvalue weighted by atomic mass is 9.63. The van der Waals surface area contributed by atoms with E-state index in [9.17, 15) is 0 Å². The fourth-order valence-corrected chi connectivity index (χ4v) is 6.93. The van der Waals surface area contributed by atoms with Gasteiger partial charge in [0.2, 0.25) is 0 Å². The molecule has 0 unspecified atom stereocenters. The van der Waals surface area contributed by atoms with Crippen molar-refractivity contribution in [3.63, 3.8) is 0 Å². The number of rotatable bonds is 0. The monoisotopic (exact) mass is 468 g/mol. The van der Waals surface area contributed by atoms with E-state index in [2.05, 4.69) is 102 Å². The van der Waals surface area contributed by atoms with Gasteiger partial charge < -0.3 is 18.9 Å². The Morgan fingerprint density at radius 3 is 0.536 bits per heavy atom. The van der Waals surface area contributed by atoms with E-state index >= 15 is 0 Å². The summed E-state index contributed by atoms with van der Waals surface area (Å²) in [6.45, 7) is 25.3. The summed E-state index contributed by atoms with van der Waals surface area (Å²) in [7, 11) is 0. The molecule has 0 bridgehead atoms. The fourth-order valence-electron chi connectivity index (χ4n) is 3.50. The maximum atomic E-state index is 7.15. The van der Waals surface area contributed by atoms with E-state index < -0.39 is 25.6 Å². The summed E-state index contributed by atoms with van der Waals surface area (Å²) in [6.07, 6.45) is -2.15. The lowest BCUT2D eigenvalue weighted by molar-refractivity contribution is 0.239. The highest BCUT2D eigenvalue weighted by atomic mass is 35.5. The Kier molecular flexibility index (Phi) is 8.44.